The van der Waals surface area contributed by atoms with Gasteiger partial charge in [0.05, 0.1) is 0 Å². The molecule has 27 heavy (non-hydrogen) atoms. The molecule has 0 unspecified atom stereocenters. The highest BCUT2D eigenvalue weighted by atomic mass is 16.6. The van der Waals surface area contributed by atoms with Crippen LogP contribution in [0.2, 0.25) is 0 Å². The van der Waals surface area contributed by atoms with Gasteiger partial charge in [-0.05, 0) is 59.9 Å². The molecule has 6 heteroatoms. The molecule has 1 aromatic rings. The molecule has 1 aliphatic heterocycles. The van der Waals surface area contributed by atoms with Crippen molar-refractivity contribution in [1.29, 1.82) is 0 Å². The number of hydrogen-bond acceptors (Lipinski definition) is 5. The van der Waals surface area contributed by atoms with Crippen LogP contribution in [0.3, 0.4) is 0 Å². The summed E-state index contributed by atoms with van der Waals surface area (Å²) in [5.41, 5.74) is -0.505. The van der Waals surface area contributed by atoms with Crippen LogP contribution in [-0.4, -0.2) is 40.1 Å². The van der Waals surface area contributed by atoms with E-state index in [2.05, 4.69) is 0 Å². The molecule has 0 bridgehead atoms. The molecule has 0 aromatic heterocycles. The van der Waals surface area contributed by atoms with E-state index in [0.717, 1.165) is 10.5 Å². The van der Waals surface area contributed by atoms with Crippen LogP contribution < -0.4 is 0 Å². The molecule has 1 aliphatic rings. The minimum atomic E-state index is -0.972. The smallest absolute Gasteiger partial charge is 0.417 e. The van der Waals surface area contributed by atoms with Gasteiger partial charge in [0.1, 0.15) is 17.2 Å². The summed E-state index contributed by atoms with van der Waals surface area (Å²) in [7, 11) is 0. The summed E-state index contributed by atoms with van der Waals surface area (Å²) in [6, 6.07) is 8.56. The quantitative estimate of drug-likeness (QED) is 0.753. The number of carbonyl (C=O) groups excluding carboxylic acids is 3. The molecule has 0 radical (unpaired) electrons. The molecule has 1 saturated heterocycles. The van der Waals surface area contributed by atoms with E-state index in [4.69, 9.17) is 9.47 Å². The lowest BCUT2D eigenvalue weighted by atomic mass is 9.96. The van der Waals surface area contributed by atoms with E-state index >= 15 is 0 Å². The highest BCUT2D eigenvalue weighted by Gasteiger charge is 2.49. The zero-order chi connectivity index (χ0) is 20.4. The molecular weight excluding hydrogens is 346 g/mol. The van der Waals surface area contributed by atoms with Gasteiger partial charge in [0.15, 0.2) is 0 Å². The predicted molar refractivity (Wildman–Crippen MR) is 101 cm³/mol. The van der Waals surface area contributed by atoms with Crippen LogP contribution >= 0.6 is 0 Å². The van der Waals surface area contributed by atoms with Crippen molar-refractivity contribution in [2.24, 2.45) is 5.92 Å². The van der Waals surface area contributed by atoms with Crippen LogP contribution in [0.1, 0.15) is 53.5 Å². The van der Waals surface area contributed by atoms with E-state index in [1.54, 1.807) is 41.5 Å². The lowest BCUT2D eigenvalue weighted by Crippen LogP contribution is -2.47. The number of imide groups is 1. The van der Waals surface area contributed by atoms with Crippen molar-refractivity contribution >= 4 is 18.0 Å². The largest absolute Gasteiger partial charge is 0.458 e. The van der Waals surface area contributed by atoms with Gasteiger partial charge in [-0.25, -0.2) is 14.5 Å². The Balaban J connectivity index is 2.26. The van der Waals surface area contributed by atoms with Gasteiger partial charge in [0.25, 0.3) is 0 Å². The number of rotatable bonds is 3. The third-order valence-corrected chi connectivity index (χ3v) is 4.00. The SMILES string of the molecule is CC(C)(C)OC(=O)[C@@H]1C[C@H](Cc2ccccc2)C(=O)N1C(=O)OC(C)(C)C. The lowest BCUT2D eigenvalue weighted by molar-refractivity contribution is -0.161. The molecule has 1 fully saturated rings. The second kappa shape index (κ2) is 7.71. The van der Waals surface area contributed by atoms with E-state index in [1.807, 2.05) is 30.3 Å². The fraction of sp³-hybridized carbons (Fsp3) is 0.571. The molecule has 148 valence electrons. The Morgan fingerprint density at radius 3 is 2.07 bits per heavy atom. The number of amides is 2. The Kier molecular flexibility index (Phi) is 5.97. The van der Waals surface area contributed by atoms with Gasteiger partial charge in [-0.2, -0.15) is 0 Å². The van der Waals surface area contributed by atoms with Crippen molar-refractivity contribution in [2.75, 3.05) is 0 Å². The van der Waals surface area contributed by atoms with Crippen molar-refractivity contribution in [3.63, 3.8) is 0 Å². The van der Waals surface area contributed by atoms with Crippen LogP contribution in [0.4, 0.5) is 4.79 Å². The highest BCUT2D eigenvalue weighted by molar-refractivity contribution is 6.00. The molecule has 0 spiro atoms. The number of nitrogens with zero attached hydrogens (tertiary/aromatic N) is 1. The first kappa shape index (κ1) is 20.9. The first-order valence-electron chi connectivity index (χ1n) is 9.20. The molecule has 2 rings (SSSR count). The summed E-state index contributed by atoms with van der Waals surface area (Å²) in [4.78, 5) is 39.2. The second-order valence-electron chi connectivity index (χ2n) is 8.86. The predicted octanol–water partition coefficient (Wildman–Crippen LogP) is 3.72. The number of esters is 1. The summed E-state index contributed by atoms with van der Waals surface area (Å²) in [6.45, 7) is 10.4. The Morgan fingerprint density at radius 2 is 1.56 bits per heavy atom. The molecular formula is C21H29NO5. The minimum Gasteiger partial charge on any atom is -0.458 e. The van der Waals surface area contributed by atoms with E-state index in [0.29, 0.717) is 6.42 Å². The molecule has 6 nitrogen and oxygen atoms in total. The first-order chi connectivity index (χ1) is 12.4. The summed E-state index contributed by atoms with van der Waals surface area (Å²) in [5.74, 6) is -1.46. The van der Waals surface area contributed by atoms with Crippen molar-refractivity contribution in [3.8, 4) is 0 Å². The van der Waals surface area contributed by atoms with Gasteiger partial charge in [0.2, 0.25) is 5.91 Å². The van der Waals surface area contributed by atoms with Crippen molar-refractivity contribution in [3.05, 3.63) is 35.9 Å². The third-order valence-electron chi connectivity index (χ3n) is 4.00. The molecule has 1 heterocycles. The zero-order valence-corrected chi connectivity index (χ0v) is 16.9. The maximum Gasteiger partial charge on any atom is 0.417 e. The van der Waals surface area contributed by atoms with Crippen LogP contribution in [0, 0.1) is 5.92 Å². The Morgan fingerprint density at radius 1 is 1.00 bits per heavy atom. The van der Waals surface area contributed by atoms with Crippen LogP contribution in [0.15, 0.2) is 30.3 Å². The van der Waals surface area contributed by atoms with Gasteiger partial charge < -0.3 is 9.47 Å². The molecule has 2 atom stereocenters. The lowest BCUT2D eigenvalue weighted by Gasteiger charge is -2.28. The Hall–Kier alpha value is -2.37. The number of likely N-dealkylation sites (tertiary alicyclic amines) is 1. The van der Waals surface area contributed by atoms with Crippen LogP contribution in [-0.2, 0) is 25.5 Å². The number of benzene rings is 1. The topological polar surface area (TPSA) is 72.9 Å². The third kappa shape index (κ3) is 5.81. The van der Waals surface area contributed by atoms with E-state index < -0.39 is 41.1 Å². The Labute approximate surface area is 160 Å². The highest BCUT2D eigenvalue weighted by Crippen LogP contribution is 2.31. The fourth-order valence-corrected chi connectivity index (χ4v) is 3.00. The van der Waals surface area contributed by atoms with Crippen molar-refractivity contribution in [2.45, 2.75) is 71.6 Å². The average molecular weight is 375 g/mol. The summed E-state index contributed by atoms with van der Waals surface area (Å²) >= 11 is 0. The fourth-order valence-electron chi connectivity index (χ4n) is 3.00. The van der Waals surface area contributed by atoms with Gasteiger partial charge in [0, 0.05) is 5.92 Å². The zero-order valence-electron chi connectivity index (χ0n) is 16.9. The van der Waals surface area contributed by atoms with Gasteiger partial charge in [-0.3, -0.25) is 4.79 Å². The number of carbonyl (C=O) groups is 3. The molecule has 0 saturated carbocycles. The van der Waals surface area contributed by atoms with E-state index in [1.165, 1.54) is 0 Å². The van der Waals surface area contributed by atoms with Crippen molar-refractivity contribution < 1.29 is 23.9 Å². The van der Waals surface area contributed by atoms with Gasteiger partial charge >= 0.3 is 12.1 Å². The van der Waals surface area contributed by atoms with Gasteiger partial charge in [-0.15, -0.1) is 0 Å². The maximum absolute atomic E-state index is 12.9. The number of ether oxygens (including phenoxy) is 2. The van der Waals surface area contributed by atoms with Gasteiger partial charge in [-0.1, -0.05) is 30.3 Å². The standard InChI is InChI=1S/C21H29NO5/c1-20(2,3)26-18(24)16-13-15(12-14-10-8-7-9-11-14)17(23)22(16)19(25)27-21(4,5)6/h7-11,15-16H,12-13H2,1-6H3/t15-,16-/m0/s1. The van der Waals surface area contributed by atoms with Crippen LogP contribution in [0.25, 0.3) is 0 Å². The summed E-state index contributed by atoms with van der Waals surface area (Å²) < 4.78 is 10.8. The minimum absolute atomic E-state index is 0.224. The second-order valence-corrected chi connectivity index (χ2v) is 8.86. The molecule has 2 amide bonds. The molecule has 0 N–H and O–H groups in total. The summed E-state index contributed by atoms with van der Waals surface area (Å²) in [5, 5.41) is 0. The van der Waals surface area contributed by atoms with Crippen LogP contribution in [0.5, 0.6) is 0 Å². The van der Waals surface area contributed by atoms with E-state index in [-0.39, 0.29) is 6.42 Å². The Bertz CT molecular complexity index is 700. The summed E-state index contributed by atoms with van der Waals surface area (Å²) in [6.07, 6.45) is -0.126. The normalized spacial score (nSPS) is 20.5. The first-order valence-corrected chi connectivity index (χ1v) is 9.20. The average Bonchev–Trinajstić information content (AvgIpc) is 2.82. The maximum atomic E-state index is 12.9. The monoisotopic (exact) mass is 375 g/mol. The molecule has 0 aliphatic carbocycles. The van der Waals surface area contributed by atoms with Crippen molar-refractivity contribution in [1.82, 2.24) is 4.90 Å². The molecule has 1 aromatic carbocycles. The van der Waals surface area contributed by atoms with E-state index in [9.17, 15) is 14.4 Å². The number of hydrogen-bond donors (Lipinski definition) is 0.